The van der Waals surface area contributed by atoms with Crippen molar-refractivity contribution in [3.8, 4) is 17.0 Å². The Balaban J connectivity index is 1.35. The van der Waals surface area contributed by atoms with Gasteiger partial charge in [0.2, 0.25) is 10.0 Å². The summed E-state index contributed by atoms with van der Waals surface area (Å²) in [5.74, 6) is 0.436. The molecule has 0 N–H and O–H groups in total. The Hall–Kier alpha value is -4.53. The number of imidazole rings is 1. The Morgan fingerprint density at radius 1 is 0.795 bits per heavy atom. The molecule has 0 aliphatic heterocycles. The molecule has 0 unspecified atom stereocenters. The van der Waals surface area contributed by atoms with Crippen molar-refractivity contribution in [2.75, 3.05) is 0 Å². The highest BCUT2D eigenvalue weighted by molar-refractivity contribution is 7.89. The third kappa shape index (κ3) is 6.31. The van der Waals surface area contributed by atoms with Crippen LogP contribution < -0.4 is 4.74 Å². The number of sulfonamides is 1. The summed E-state index contributed by atoms with van der Waals surface area (Å²) in [7, 11) is -3.81. The second kappa shape index (κ2) is 11.5. The third-order valence-corrected chi connectivity index (χ3v) is 8.02. The van der Waals surface area contributed by atoms with E-state index in [0.717, 1.165) is 16.7 Å². The van der Waals surface area contributed by atoms with Gasteiger partial charge >= 0.3 is 6.09 Å². The normalized spacial score (nSPS) is 11.4. The minimum absolute atomic E-state index is 0.177. The summed E-state index contributed by atoms with van der Waals surface area (Å²) < 4.78 is 35.6. The van der Waals surface area contributed by atoms with E-state index in [9.17, 15) is 13.2 Å². The quantitative estimate of drug-likeness (QED) is 0.232. The van der Waals surface area contributed by atoms with E-state index < -0.39 is 16.1 Å². The van der Waals surface area contributed by atoms with Gasteiger partial charge in [0.1, 0.15) is 12.1 Å². The summed E-state index contributed by atoms with van der Waals surface area (Å²) in [5, 5.41) is 0. The molecule has 0 bridgehead atoms. The van der Waals surface area contributed by atoms with Gasteiger partial charge in [0.25, 0.3) is 0 Å². The highest BCUT2D eigenvalue weighted by Crippen LogP contribution is 2.25. The summed E-state index contributed by atoms with van der Waals surface area (Å²) in [6.45, 7) is 2.44. The van der Waals surface area contributed by atoms with Crippen molar-refractivity contribution < 1.29 is 17.9 Å². The highest BCUT2D eigenvalue weighted by atomic mass is 32.2. The molecule has 0 radical (unpaired) electrons. The molecule has 5 rings (SSSR count). The van der Waals surface area contributed by atoms with Gasteiger partial charge in [0.15, 0.2) is 0 Å². The smallest absolute Gasteiger partial charge is 0.410 e. The first-order valence-corrected chi connectivity index (χ1v) is 13.8. The van der Waals surface area contributed by atoms with E-state index in [2.05, 4.69) is 4.98 Å². The average molecular weight is 538 g/mol. The summed E-state index contributed by atoms with van der Waals surface area (Å²) in [6, 6.07) is 32.7. The minimum atomic E-state index is -3.81. The van der Waals surface area contributed by atoms with Crippen molar-refractivity contribution in [1.82, 2.24) is 13.9 Å². The molecule has 8 heteroatoms. The number of nitrogens with zero attached hydrogens (tertiary/aromatic N) is 3. The largest absolute Gasteiger partial charge is 0.424 e. The van der Waals surface area contributed by atoms with E-state index in [1.165, 1.54) is 15.2 Å². The summed E-state index contributed by atoms with van der Waals surface area (Å²) in [6.07, 6.45) is 2.34. The molecule has 0 saturated carbocycles. The topological polar surface area (TPSA) is 81.5 Å². The zero-order valence-corrected chi connectivity index (χ0v) is 22.2. The van der Waals surface area contributed by atoms with Crippen molar-refractivity contribution in [3.05, 3.63) is 138 Å². The van der Waals surface area contributed by atoms with Crippen molar-refractivity contribution >= 4 is 16.1 Å². The molecular formula is C31H27N3O4S. The van der Waals surface area contributed by atoms with Crippen LogP contribution in [0.1, 0.15) is 16.7 Å². The van der Waals surface area contributed by atoms with Crippen LogP contribution in [0.15, 0.2) is 127 Å². The Labute approximate surface area is 228 Å². The van der Waals surface area contributed by atoms with Crippen LogP contribution in [0.5, 0.6) is 5.75 Å². The Kier molecular flexibility index (Phi) is 7.67. The second-order valence-corrected chi connectivity index (χ2v) is 11.1. The van der Waals surface area contributed by atoms with E-state index in [1.54, 1.807) is 42.6 Å². The number of hydrogen-bond donors (Lipinski definition) is 0. The van der Waals surface area contributed by atoms with Gasteiger partial charge < -0.3 is 4.74 Å². The van der Waals surface area contributed by atoms with Crippen molar-refractivity contribution in [3.63, 3.8) is 0 Å². The molecule has 1 heterocycles. The highest BCUT2D eigenvalue weighted by Gasteiger charge is 2.25. The number of rotatable bonds is 8. The number of aromatic nitrogens is 2. The number of benzene rings is 4. The fraction of sp³-hybridized carbons (Fsp3) is 0.0968. The Morgan fingerprint density at radius 3 is 1.92 bits per heavy atom. The maximum atomic E-state index is 13.7. The fourth-order valence-electron chi connectivity index (χ4n) is 4.08. The zero-order chi connectivity index (χ0) is 27.2. The van der Waals surface area contributed by atoms with E-state index in [-0.39, 0.29) is 18.0 Å². The number of aryl methyl sites for hydroxylation is 1. The molecular weight excluding hydrogens is 510 g/mol. The van der Waals surface area contributed by atoms with Gasteiger partial charge in [0.05, 0.1) is 10.6 Å². The van der Waals surface area contributed by atoms with Crippen LogP contribution >= 0.6 is 0 Å². The summed E-state index contributed by atoms with van der Waals surface area (Å²) >= 11 is 0. The Bertz CT molecular complexity index is 1610. The summed E-state index contributed by atoms with van der Waals surface area (Å²) in [4.78, 5) is 17.0. The molecule has 7 nitrogen and oxygen atoms in total. The molecule has 5 aromatic rings. The lowest BCUT2D eigenvalue weighted by Gasteiger charge is -2.23. The second-order valence-electron chi connectivity index (χ2n) is 9.12. The first kappa shape index (κ1) is 26.1. The SMILES string of the molecule is Cc1ccc(OC(=O)n2cnc(-c3ccc(S(=O)(=O)N(Cc4ccccc4)Cc4ccccc4)cc3)c2)cc1. The van der Waals surface area contributed by atoms with E-state index >= 15 is 0 Å². The molecule has 0 aliphatic carbocycles. The van der Waals surface area contributed by atoms with Crippen LogP contribution in [0.2, 0.25) is 0 Å². The number of hydrogen-bond acceptors (Lipinski definition) is 5. The van der Waals surface area contributed by atoms with Crippen LogP contribution in [-0.2, 0) is 23.1 Å². The molecule has 39 heavy (non-hydrogen) atoms. The third-order valence-electron chi connectivity index (χ3n) is 6.21. The van der Waals surface area contributed by atoms with Gasteiger partial charge in [-0.05, 0) is 42.3 Å². The van der Waals surface area contributed by atoms with Crippen molar-refractivity contribution in [2.24, 2.45) is 0 Å². The number of carbonyl (C=O) groups excluding carboxylic acids is 1. The van der Waals surface area contributed by atoms with E-state index in [1.807, 2.05) is 79.7 Å². The molecule has 196 valence electrons. The molecule has 0 spiro atoms. The Morgan fingerprint density at radius 2 is 1.36 bits per heavy atom. The average Bonchev–Trinajstić information content (AvgIpc) is 3.46. The molecule has 0 fully saturated rings. The minimum Gasteiger partial charge on any atom is -0.410 e. The molecule has 0 atom stereocenters. The number of ether oxygens (including phenoxy) is 1. The van der Waals surface area contributed by atoms with Gasteiger partial charge in [-0.2, -0.15) is 4.31 Å². The van der Waals surface area contributed by atoms with Crippen LogP contribution in [0.3, 0.4) is 0 Å². The van der Waals surface area contributed by atoms with Crippen LogP contribution in [0, 0.1) is 6.92 Å². The standard InChI is InChI=1S/C31H27N3O4S/c1-24-12-16-28(17-13-24)38-31(35)33-22-30(32-23-33)27-14-18-29(19-15-27)39(36,37)34(20-25-8-4-2-5-9-25)21-26-10-6-3-7-11-26/h2-19,22-23H,20-21H2,1H3. The lowest BCUT2D eigenvalue weighted by Crippen LogP contribution is -2.30. The maximum Gasteiger partial charge on any atom is 0.424 e. The van der Waals surface area contributed by atoms with Crippen molar-refractivity contribution in [1.29, 1.82) is 0 Å². The zero-order valence-electron chi connectivity index (χ0n) is 21.3. The summed E-state index contributed by atoms with van der Waals surface area (Å²) in [5.41, 5.74) is 4.06. The number of carbonyl (C=O) groups is 1. The molecule has 1 aromatic heterocycles. The fourth-order valence-corrected chi connectivity index (χ4v) is 5.49. The predicted octanol–water partition coefficient (Wildman–Crippen LogP) is 6.30. The lowest BCUT2D eigenvalue weighted by molar-refractivity contribution is 0.202. The molecule has 0 saturated heterocycles. The van der Waals surface area contributed by atoms with Crippen molar-refractivity contribution in [2.45, 2.75) is 24.9 Å². The molecule has 4 aromatic carbocycles. The first-order chi connectivity index (χ1) is 18.9. The maximum absolute atomic E-state index is 13.7. The first-order valence-electron chi connectivity index (χ1n) is 12.4. The van der Waals surface area contributed by atoms with E-state index in [0.29, 0.717) is 17.0 Å². The van der Waals surface area contributed by atoms with Crippen LogP contribution in [0.25, 0.3) is 11.3 Å². The van der Waals surface area contributed by atoms with Gasteiger partial charge in [-0.25, -0.2) is 22.8 Å². The molecule has 0 aliphatic rings. The van der Waals surface area contributed by atoms with Gasteiger partial charge in [-0.15, -0.1) is 0 Å². The van der Waals surface area contributed by atoms with Gasteiger partial charge in [-0.1, -0.05) is 90.5 Å². The van der Waals surface area contributed by atoms with Gasteiger partial charge in [-0.3, -0.25) is 0 Å². The van der Waals surface area contributed by atoms with Crippen LogP contribution in [0.4, 0.5) is 4.79 Å². The predicted molar refractivity (Wildman–Crippen MR) is 150 cm³/mol. The van der Waals surface area contributed by atoms with Gasteiger partial charge in [0, 0.05) is 24.8 Å². The lowest BCUT2D eigenvalue weighted by atomic mass is 10.2. The monoisotopic (exact) mass is 537 g/mol. The van der Waals surface area contributed by atoms with Crippen LogP contribution in [-0.4, -0.2) is 28.4 Å². The van der Waals surface area contributed by atoms with E-state index in [4.69, 9.17) is 4.74 Å². The molecule has 0 amide bonds.